The molecule has 1 aliphatic heterocycles. The Morgan fingerprint density at radius 3 is 2.17 bits per heavy atom. The molecule has 24 heavy (non-hydrogen) atoms. The van der Waals surface area contributed by atoms with Gasteiger partial charge in [0.2, 0.25) is 0 Å². The molecule has 1 aromatic carbocycles. The molecular formula is C17H18ClN4O2+. The Bertz CT molecular complexity index is 805. The van der Waals surface area contributed by atoms with Crippen LogP contribution >= 0.6 is 11.6 Å². The van der Waals surface area contributed by atoms with E-state index in [9.17, 15) is 10.5 Å². The molecule has 1 heterocycles. The van der Waals surface area contributed by atoms with Crippen LogP contribution in [0, 0.1) is 33.5 Å². The highest BCUT2D eigenvalue weighted by molar-refractivity contribution is 6.30. The molecular weight excluding hydrogens is 328 g/mol. The first-order valence-electron chi connectivity index (χ1n) is 7.53. The molecule has 3 atom stereocenters. The molecule has 1 fully saturated rings. The van der Waals surface area contributed by atoms with E-state index in [4.69, 9.17) is 26.8 Å². The van der Waals surface area contributed by atoms with Crippen LogP contribution in [-0.4, -0.2) is 26.0 Å². The topological polar surface area (TPSA) is 106 Å². The summed E-state index contributed by atoms with van der Waals surface area (Å²) in [6.07, 6.45) is 0.507. The molecule has 0 spiro atoms. The van der Waals surface area contributed by atoms with Crippen LogP contribution in [0.1, 0.15) is 18.9 Å². The Kier molecular flexibility index (Phi) is 3.44. The zero-order valence-electron chi connectivity index (χ0n) is 13.7. The van der Waals surface area contributed by atoms with Crippen molar-refractivity contribution >= 4 is 17.4 Å². The molecule has 1 saturated carbocycles. The van der Waals surface area contributed by atoms with Crippen molar-refractivity contribution < 1.29 is 14.5 Å². The van der Waals surface area contributed by atoms with Gasteiger partial charge in [-0.3, -0.25) is 5.73 Å². The van der Waals surface area contributed by atoms with E-state index in [0.29, 0.717) is 11.4 Å². The maximum absolute atomic E-state index is 10.2. The standard InChI is InChI=1S/C17H17ClN4O2/c1-4-14(11-5-7-12(18)8-6-11)15(9-19)13(21)22-17(23-2,24-3)16(14,15)10-20/h5-8H,4H2,1-3H3,(H2,21,22)/p+1/t14-,15-,16+/m0/s1. The smallest absolute Gasteiger partial charge is 0.317 e. The first kappa shape index (κ1) is 16.7. The minimum Gasteiger partial charge on any atom is -0.317 e. The van der Waals surface area contributed by atoms with Crippen molar-refractivity contribution in [2.24, 2.45) is 16.6 Å². The van der Waals surface area contributed by atoms with Crippen molar-refractivity contribution in [3.63, 3.8) is 0 Å². The van der Waals surface area contributed by atoms with Crippen LogP contribution in [0.25, 0.3) is 0 Å². The van der Waals surface area contributed by atoms with Crippen molar-refractivity contribution in [3.05, 3.63) is 34.9 Å². The lowest BCUT2D eigenvalue weighted by Gasteiger charge is -2.31. The number of hydrogen-bond donors (Lipinski definition) is 2. The largest absolute Gasteiger partial charge is 0.343 e. The first-order valence-corrected chi connectivity index (χ1v) is 7.91. The number of halogens is 1. The van der Waals surface area contributed by atoms with E-state index >= 15 is 0 Å². The summed E-state index contributed by atoms with van der Waals surface area (Å²) in [5.74, 6) is -1.32. The lowest BCUT2D eigenvalue weighted by Crippen LogP contribution is -2.91. The number of hydrogen-bond acceptors (Lipinski definition) is 5. The number of nitrogens with zero attached hydrogens (tertiary/aromatic N) is 2. The van der Waals surface area contributed by atoms with Gasteiger partial charge in [0.05, 0.1) is 17.6 Å². The average molecular weight is 346 g/mol. The van der Waals surface area contributed by atoms with E-state index < -0.39 is 22.2 Å². The fourth-order valence-electron chi connectivity index (χ4n) is 4.84. The number of rotatable bonds is 4. The summed E-state index contributed by atoms with van der Waals surface area (Å²) < 4.78 is 11.1. The average Bonchev–Trinajstić information content (AvgIpc) is 3.10. The predicted octanol–water partition coefficient (Wildman–Crippen LogP) is 0.419. The Hall–Kier alpha value is -2.12. The summed E-state index contributed by atoms with van der Waals surface area (Å²) in [7, 11) is 2.86. The van der Waals surface area contributed by atoms with Crippen LogP contribution in [0.5, 0.6) is 0 Å². The van der Waals surface area contributed by atoms with E-state index in [-0.39, 0.29) is 5.84 Å². The molecule has 3 rings (SSSR count). The monoisotopic (exact) mass is 345 g/mol. The second-order valence-electron chi connectivity index (χ2n) is 6.05. The van der Waals surface area contributed by atoms with E-state index in [1.165, 1.54) is 14.2 Å². The number of nitriles is 2. The minimum absolute atomic E-state index is 0.187. The SMILES string of the molecule is CC[C@]1(c2ccc(Cl)cc2)[C@]2(C#N)C(N)=[NH+]C(OC)(OC)[C@@]21C#N. The maximum atomic E-state index is 10.2. The van der Waals surface area contributed by atoms with Gasteiger partial charge in [-0.1, -0.05) is 30.7 Å². The van der Waals surface area contributed by atoms with E-state index in [1.807, 2.05) is 19.1 Å². The normalized spacial score (nSPS) is 35.5. The lowest BCUT2D eigenvalue weighted by atomic mass is 9.80. The molecule has 7 heteroatoms. The highest BCUT2D eigenvalue weighted by Gasteiger charge is 3.03. The van der Waals surface area contributed by atoms with Gasteiger partial charge in [0, 0.05) is 19.2 Å². The fraction of sp³-hybridized carbons (Fsp3) is 0.471. The van der Waals surface area contributed by atoms with E-state index in [0.717, 1.165) is 5.56 Å². The highest BCUT2D eigenvalue weighted by atomic mass is 35.5. The molecule has 3 N–H and O–H groups in total. The van der Waals surface area contributed by atoms with Crippen LogP contribution in [0.3, 0.4) is 0 Å². The van der Waals surface area contributed by atoms with Crippen molar-refractivity contribution in [1.29, 1.82) is 10.5 Å². The first-order chi connectivity index (χ1) is 11.4. The summed E-state index contributed by atoms with van der Waals surface area (Å²) in [6, 6.07) is 11.7. The minimum atomic E-state index is -1.50. The number of ether oxygens (including phenoxy) is 2. The van der Waals surface area contributed by atoms with Gasteiger partial charge >= 0.3 is 5.91 Å². The molecule has 6 nitrogen and oxygen atoms in total. The van der Waals surface area contributed by atoms with Gasteiger partial charge in [-0.15, -0.1) is 0 Å². The Morgan fingerprint density at radius 1 is 1.17 bits per heavy atom. The quantitative estimate of drug-likeness (QED) is 0.769. The Morgan fingerprint density at radius 2 is 1.75 bits per heavy atom. The molecule has 0 amide bonds. The summed E-state index contributed by atoms with van der Waals surface area (Å²) in [4.78, 5) is 2.90. The molecule has 1 aromatic rings. The third-order valence-corrected chi connectivity index (χ3v) is 6.01. The maximum Gasteiger partial charge on any atom is 0.343 e. The van der Waals surface area contributed by atoms with Gasteiger partial charge in [-0.25, -0.2) is 4.99 Å². The van der Waals surface area contributed by atoms with Crippen LogP contribution in [0.4, 0.5) is 0 Å². The number of amidine groups is 1. The number of methoxy groups -OCH3 is 2. The van der Waals surface area contributed by atoms with Gasteiger partial charge in [0.1, 0.15) is 0 Å². The van der Waals surface area contributed by atoms with Crippen molar-refractivity contribution in [2.75, 3.05) is 14.2 Å². The van der Waals surface area contributed by atoms with Crippen molar-refractivity contribution in [2.45, 2.75) is 24.7 Å². The summed E-state index contributed by atoms with van der Waals surface area (Å²) in [5.41, 5.74) is 3.58. The molecule has 124 valence electrons. The van der Waals surface area contributed by atoms with Gasteiger partial charge in [0.25, 0.3) is 5.84 Å². The van der Waals surface area contributed by atoms with Crippen molar-refractivity contribution in [1.82, 2.24) is 0 Å². The summed E-state index contributed by atoms with van der Waals surface area (Å²) in [6.45, 7) is 1.93. The summed E-state index contributed by atoms with van der Waals surface area (Å²) in [5, 5.41) is 20.8. The molecule has 0 radical (unpaired) electrons. The number of nitrogens with one attached hydrogen (secondary N) is 1. The van der Waals surface area contributed by atoms with Gasteiger partial charge in [0.15, 0.2) is 10.8 Å². The molecule has 0 unspecified atom stereocenters. The zero-order chi connectivity index (χ0) is 17.8. The Balaban J connectivity index is 2.38. The molecule has 2 aliphatic rings. The number of nitrogens with two attached hydrogens (primary N) is 1. The highest BCUT2D eigenvalue weighted by Crippen LogP contribution is 2.83. The van der Waals surface area contributed by atoms with Gasteiger partial charge in [-0.2, -0.15) is 10.5 Å². The van der Waals surface area contributed by atoms with Crippen molar-refractivity contribution in [3.8, 4) is 12.1 Å². The van der Waals surface area contributed by atoms with Crippen LogP contribution in [0.15, 0.2) is 24.3 Å². The molecule has 0 aromatic heterocycles. The summed E-state index contributed by atoms with van der Waals surface area (Å²) >= 11 is 6.00. The van der Waals surface area contributed by atoms with Crippen LogP contribution in [-0.2, 0) is 14.9 Å². The van der Waals surface area contributed by atoms with E-state index in [2.05, 4.69) is 17.1 Å². The predicted molar refractivity (Wildman–Crippen MR) is 86.4 cm³/mol. The molecule has 0 bridgehead atoms. The van der Waals surface area contributed by atoms with Gasteiger partial charge in [-0.05, 0) is 24.1 Å². The Labute approximate surface area is 145 Å². The third kappa shape index (κ3) is 1.30. The van der Waals surface area contributed by atoms with Crippen LogP contribution < -0.4 is 10.7 Å². The number of fused-ring (bicyclic) bond motifs is 1. The zero-order valence-corrected chi connectivity index (χ0v) is 14.4. The molecule has 0 saturated heterocycles. The van der Waals surface area contributed by atoms with E-state index in [1.54, 1.807) is 12.1 Å². The lowest BCUT2D eigenvalue weighted by molar-refractivity contribution is -0.689. The number of benzene rings is 1. The van der Waals surface area contributed by atoms with Crippen LogP contribution in [0.2, 0.25) is 5.02 Å². The second-order valence-corrected chi connectivity index (χ2v) is 6.49. The molecule has 1 aliphatic carbocycles. The second kappa shape index (κ2) is 4.94. The third-order valence-electron chi connectivity index (χ3n) is 5.75. The van der Waals surface area contributed by atoms with Gasteiger partial charge < -0.3 is 9.47 Å². The fourth-order valence-corrected chi connectivity index (χ4v) is 4.96.